The van der Waals surface area contributed by atoms with Gasteiger partial charge in [0.1, 0.15) is 5.69 Å². The van der Waals surface area contributed by atoms with E-state index in [4.69, 9.17) is 4.98 Å². The Hall–Kier alpha value is -2.46. The van der Waals surface area contributed by atoms with E-state index >= 15 is 0 Å². The predicted octanol–water partition coefficient (Wildman–Crippen LogP) is 8.60. The smallest absolute Gasteiger partial charge is 0.157 e. The number of benzene rings is 1. The first-order chi connectivity index (χ1) is 15.8. The Kier molecular flexibility index (Phi) is 8.11. The molecule has 0 amide bonds. The number of aryl methyl sites for hydroxylation is 2. The molecule has 1 N–H and O–H groups in total. The Bertz CT molecular complexity index is 1090. The molecule has 0 fully saturated rings. The highest BCUT2D eigenvalue weighted by Crippen LogP contribution is 2.36. The predicted molar refractivity (Wildman–Crippen MR) is 138 cm³/mol. The van der Waals surface area contributed by atoms with Crippen LogP contribution in [0, 0.1) is 0 Å². The van der Waals surface area contributed by atoms with Crippen LogP contribution in [0.15, 0.2) is 48.7 Å². The maximum atomic E-state index is 4.76. The zero-order chi connectivity index (χ0) is 22.2. The summed E-state index contributed by atoms with van der Waals surface area (Å²) in [5, 5.41) is 0. The lowest BCUT2D eigenvalue weighted by atomic mass is 10.0. The van der Waals surface area contributed by atoms with Gasteiger partial charge in [-0.15, -0.1) is 11.3 Å². The number of pyridine rings is 1. The van der Waals surface area contributed by atoms with Gasteiger partial charge in [0.05, 0.1) is 11.0 Å². The summed E-state index contributed by atoms with van der Waals surface area (Å²) < 4.78 is 0. The molecule has 0 atom stereocenters. The van der Waals surface area contributed by atoms with Crippen LogP contribution in [0.25, 0.3) is 33.0 Å². The van der Waals surface area contributed by atoms with E-state index < -0.39 is 0 Å². The SMILES string of the molecule is CCCCCCc1cc(CCCCCC)c(-c2ccnc(-c3nc4ccccc4[nH]3)c2)s1. The van der Waals surface area contributed by atoms with E-state index in [2.05, 4.69) is 48.1 Å². The van der Waals surface area contributed by atoms with Crippen molar-refractivity contribution in [3.8, 4) is 22.0 Å². The Morgan fingerprint density at radius 1 is 0.844 bits per heavy atom. The number of unbranched alkanes of at least 4 members (excludes halogenated alkanes) is 6. The van der Waals surface area contributed by atoms with Gasteiger partial charge in [0.15, 0.2) is 5.82 Å². The lowest BCUT2D eigenvalue weighted by Crippen LogP contribution is -1.89. The fraction of sp³-hybridized carbons (Fsp3) is 0.429. The monoisotopic (exact) mass is 445 g/mol. The van der Waals surface area contributed by atoms with Crippen LogP contribution in [-0.2, 0) is 12.8 Å². The summed E-state index contributed by atoms with van der Waals surface area (Å²) in [6.45, 7) is 4.56. The normalized spacial score (nSPS) is 11.4. The number of thiophene rings is 1. The molecule has 0 spiro atoms. The van der Waals surface area contributed by atoms with Crippen LogP contribution >= 0.6 is 11.3 Å². The van der Waals surface area contributed by atoms with Gasteiger partial charge in [0.2, 0.25) is 0 Å². The third-order valence-corrected chi connectivity index (χ3v) is 7.38. The molecule has 0 radical (unpaired) electrons. The van der Waals surface area contributed by atoms with Crippen LogP contribution in [0.4, 0.5) is 0 Å². The first kappa shape index (κ1) is 22.7. The highest BCUT2D eigenvalue weighted by molar-refractivity contribution is 7.15. The molecule has 32 heavy (non-hydrogen) atoms. The largest absolute Gasteiger partial charge is 0.337 e. The van der Waals surface area contributed by atoms with Crippen molar-refractivity contribution in [2.45, 2.75) is 78.1 Å². The van der Waals surface area contributed by atoms with Crippen molar-refractivity contribution in [2.75, 3.05) is 0 Å². The van der Waals surface area contributed by atoms with Gasteiger partial charge < -0.3 is 4.98 Å². The minimum Gasteiger partial charge on any atom is -0.337 e. The van der Waals surface area contributed by atoms with E-state index in [0.29, 0.717) is 0 Å². The van der Waals surface area contributed by atoms with Gasteiger partial charge >= 0.3 is 0 Å². The van der Waals surface area contributed by atoms with Crippen LogP contribution in [0.5, 0.6) is 0 Å². The van der Waals surface area contributed by atoms with Crippen molar-refractivity contribution < 1.29 is 0 Å². The second kappa shape index (κ2) is 11.4. The number of H-pyrrole nitrogens is 1. The number of nitrogens with one attached hydrogen (secondary N) is 1. The van der Waals surface area contributed by atoms with Crippen molar-refractivity contribution in [3.05, 3.63) is 59.1 Å². The first-order valence-corrected chi connectivity index (χ1v) is 13.1. The molecule has 4 rings (SSSR count). The van der Waals surface area contributed by atoms with Crippen molar-refractivity contribution >= 4 is 22.4 Å². The highest BCUT2D eigenvalue weighted by Gasteiger charge is 2.14. The highest BCUT2D eigenvalue weighted by atomic mass is 32.1. The van der Waals surface area contributed by atoms with Crippen LogP contribution in [0.2, 0.25) is 0 Å². The minimum atomic E-state index is 0.842. The Morgan fingerprint density at radius 2 is 1.62 bits per heavy atom. The number of nitrogens with zero attached hydrogens (tertiary/aromatic N) is 2. The molecule has 0 aliphatic rings. The molecular weight excluding hydrogens is 410 g/mol. The molecule has 0 bridgehead atoms. The van der Waals surface area contributed by atoms with Crippen molar-refractivity contribution in [2.24, 2.45) is 0 Å². The number of fused-ring (bicyclic) bond motifs is 1. The number of hydrogen-bond donors (Lipinski definition) is 1. The molecule has 3 aromatic heterocycles. The molecule has 168 valence electrons. The molecule has 0 saturated heterocycles. The van der Waals surface area contributed by atoms with Gasteiger partial charge in [-0.3, -0.25) is 4.98 Å². The van der Waals surface area contributed by atoms with E-state index in [1.54, 1.807) is 0 Å². The van der Waals surface area contributed by atoms with Crippen LogP contribution < -0.4 is 0 Å². The van der Waals surface area contributed by atoms with E-state index in [1.807, 2.05) is 35.7 Å². The van der Waals surface area contributed by atoms with Gasteiger partial charge in [-0.1, -0.05) is 64.5 Å². The lowest BCUT2D eigenvalue weighted by molar-refractivity contribution is 0.665. The molecule has 0 aliphatic heterocycles. The van der Waals surface area contributed by atoms with Gasteiger partial charge in [0, 0.05) is 16.0 Å². The average Bonchev–Trinajstić information content (AvgIpc) is 3.44. The van der Waals surface area contributed by atoms with E-state index in [0.717, 1.165) is 22.6 Å². The van der Waals surface area contributed by atoms with E-state index in [-0.39, 0.29) is 0 Å². The third kappa shape index (κ3) is 5.66. The van der Waals surface area contributed by atoms with Gasteiger partial charge in [-0.2, -0.15) is 0 Å². The molecule has 4 aromatic rings. The Labute approximate surface area is 196 Å². The van der Waals surface area contributed by atoms with Gasteiger partial charge in [0.25, 0.3) is 0 Å². The van der Waals surface area contributed by atoms with Gasteiger partial charge in [-0.25, -0.2) is 4.98 Å². The quantitative estimate of drug-likeness (QED) is 0.222. The first-order valence-electron chi connectivity index (χ1n) is 12.3. The number of rotatable bonds is 12. The van der Waals surface area contributed by atoms with Crippen LogP contribution in [0.3, 0.4) is 0 Å². The average molecular weight is 446 g/mol. The molecule has 3 heterocycles. The topological polar surface area (TPSA) is 41.6 Å². The zero-order valence-corrected chi connectivity index (χ0v) is 20.3. The van der Waals surface area contributed by atoms with E-state index in [9.17, 15) is 0 Å². The van der Waals surface area contributed by atoms with Crippen molar-refractivity contribution in [1.29, 1.82) is 0 Å². The molecule has 3 nitrogen and oxygen atoms in total. The number of hydrogen-bond acceptors (Lipinski definition) is 3. The Balaban J connectivity index is 1.60. The second-order valence-corrected chi connectivity index (χ2v) is 9.86. The Morgan fingerprint density at radius 3 is 2.41 bits per heavy atom. The van der Waals surface area contributed by atoms with E-state index in [1.165, 1.54) is 85.1 Å². The molecule has 0 unspecified atom stereocenters. The summed E-state index contributed by atoms with van der Waals surface area (Å²) in [4.78, 5) is 15.8. The molecule has 4 heteroatoms. The lowest BCUT2D eigenvalue weighted by Gasteiger charge is -2.05. The third-order valence-electron chi connectivity index (χ3n) is 6.09. The summed E-state index contributed by atoms with van der Waals surface area (Å²) >= 11 is 1.98. The minimum absolute atomic E-state index is 0.842. The fourth-order valence-electron chi connectivity index (χ4n) is 4.28. The zero-order valence-electron chi connectivity index (χ0n) is 19.5. The van der Waals surface area contributed by atoms with Crippen molar-refractivity contribution in [1.82, 2.24) is 15.0 Å². The maximum Gasteiger partial charge on any atom is 0.157 e. The number of imidazole rings is 1. The number of para-hydroxylation sites is 2. The maximum absolute atomic E-state index is 4.76. The molecular formula is C28H35N3S. The van der Waals surface area contributed by atoms with Crippen LogP contribution in [0.1, 0.15) is 75.7 Å². The number of aromatic amines is 1. The number of aromatic nitrogens is 3. The standard InChI is InChI=1S/C28H35N3S/c1-3-5-7-9-13-21-19-23(14-10-8-6-4-2)32-27(21)22-17-18-29-26(20-22)28-30-24-15-11-12-16-25(24)31-28/h11-12,15-20H,3-10,13-14H2,1-2H3,(H,30,31). The molecule has 1 aromatic carbocycles. The summed E-state index contributed by atoms with van der Waals surface area (Å²) in [5.74, 6) is 0.842. The fourth-order valence-corrected chi connectivity index (χ4v) is 5.53. The van der Waals surface area contributed by atoms with Crippen molar-refractivity contribution in [3.63, 3.8) is 0 Å². The van der Waals surface area contributed by atoms with Crippen LogP contribution in [-0.4, -0.2) is 15.0 Å². The van der Waals surface area contributed by atoms with Gasteiger partial charge in [-0.05, 0) is 67.1 Å². The summed E-state index contributed by atoms with van der Waals surface area (Å²) in [5.41, 5.74) is 5.73. The summed E-state index contributed by atoms with van der Waals surface area (Å²) in [7, 11) is 0. The summed E-state index contributed by atoms with van der Waals surface area (Å²) in [6, 6.07) is 15.0. The second-order valence-electron chi connectivity index (χ2n) is 8.72. The summed E-state index contributed by atoms with van der Waals surface area (Å²) in [6.07, 6.45) is 14.8. The molecule has 0 aliphatic carbocycles. The molecule has 0 saturated carbocycles.